The van der Waals surface area contributed by atoms with Crippen LogP contribution in [0.25, 0.3) is 10.8 Å². The molecule has 0 atom stereocenters. The standard InChI is InChI=1S/C24H22N4O3/c1-2-3-7-17-12-14-19(15-13-17)27-23-22(28(29)30)24(26-16-25-23)31-21-11-6-9-18-8-4-5-10-20(18)21/h4-6,8-16H,2-3,7H2,1H3,(H,25,26,27). The van der Waals surface area contributed by atoms with Gasteiger partial charge in [-0.1, -0.05) is 61.9 Å². The molecule has 0 amide bonds. The zero-order valence-corrected chi connectivity index (χ0v) is 17.1. The summed E-state index contributed by atoms with van der Waals surface area (Å²) in [7, 11) is 0. The number of hydrogen-bond donors (Lipinski definition) is 1. The molecule has 0 radical (unpaired) electrons. The monoisotopic (exact) mass is 414 g/mol. The van der Waals surface area contributed by atoms with Crippen LogP contribution in [0.1, 0.15) is 25.3 Å². The molecule has 7 nitrogen and oxygen atoms in total. The Labute approximate surface area is 179 Å². The van der Waals surface area contributed by atoms with Gasteiger partial charge >= 0.3 is 11.6 Å². The molecule has 1 aromatic heterocycles. The highest BCUT2D eigenvalue weighted by Crippen LogP contribution is 2.37. The average molecular weight is 414 g/mol. The Morgan fingerprint density at radius 3 is 2.55 bits per heavy atom. The summed E-state index contributed by atoms with van der Waals surface area (Å²) in [5, 5.41) is 16.7. The summed E-state index contributed by atoms with van der Waals surface area (Å²) in [4.78, 5) is 19.5. The van der Waals surface area contributed by atoms with Crippen molar-refractivity contribution in [2.75, 3.05) is 5.32 Å². The quantitative estimate of drug-likeness (QED) is 0.264. The van der Waals surface area contributed by atoms with Crippen molar-refractivity contribution >= 4 is 28.0 Å². The van der Waals surface area contributed by atoms with Crippen LogP contribution in [0.2, 0.25) is 0 Å². The molecule has 0 saturated carbocycles. The second-order valence-corrected chi connectivity index (χ2v) is 7.14. The Morgan fingerprint density at radius 1 is 1.00 bits per heavy atom. The van der Waals surface area contributed by atoms with Gasteiger partial charge in [0.05, 0.1) is 4.92 Å². The predicted molar refractivity (Wildman–Crippen MR) is 121 cm³/mol. The molecule has 156 valence electrons. The highest BCUT2D eigenvalue weighted by atomic mass is 16.6. The molecule has 0 aliphatic rings. The first-order valence-corrected chi connectivity index (χ1v) is 10.2. The Hall–Kier alpha value is -4.00. The average Bonchev–Trinajstić information content (AvgIpc) is 2.79. The van der Waals surface area contributed by atoms with Gasteiger partial charge in [-0.2, -0.15) is 4.98 Å². The van der Waals surface area contributed by atoms with Crippen LogP contribution in [0.3, 0.4) is 0 Å². The molecule has 0 saturated heterocycles. The van der Waals surface area contributed by atoms with Gasteiger partial charge in [0, 0.05) is 11.1 Å². The van der Waals surface area contributed by atoms with Gasteiger partial charge in [0.2, 0.25) is 5.82 Å². The molecule has 0 spiro atoms. The molecule has 0 fully saturated rings. The Bertz CT molecular complexity index is 1200. The lowest BCUT2D eigenvalue weighted by atomic mass is 10.1. The molecule has 0 aliphatic heterocycles. The van der Waals surface area contributed by atoms with Crippen molar-refractivity contribution in [3.8, 4) is 11.6 Å². The van der Waals surface area contributed by atoms with E-state index in [9.17, 15) is 10.1 Å². The number of nitrogens with zero attached hydrogens (tertiary/aromatic N) is 3. The molecule has 31 heavy (non-hydrogen) atoms. The number of aryl methyl sites for hydroxylation is 1. The van der Waals surface area contributed by atoms with Crippen molar-refractivity contribution in [3.05, 3.63) is 88.7 Å². The largest absolute Gasteiger partial charge is 0.433 e. The number of fused-ring (bicyclic) bond motifs is 1. The molecule has 7 heteroatoms. The van der Waals surface area contributed by atoms with Crippen molar-refractivity contribution in [3.63, 3.8) is 0 Å². The van der Waals surface area contributed by atoms with Crippen LogP contribution < -0.4 is 10.1 Å². The zero-order valence-electron chi connectivity index (χ0n) is 17.1. The van der Waals surface area contributed by atoms with Crippen molar-refractivity contribution < 1.29 is 9.66 Å². The van der Waals surface area contributed by atoms with E-state index in [0.29, 0.717) is 11.4 Å². The molecule has 4 aromatic rings. The van der Waals surface area contributed by atoms with E-state index in [1.165, 1.54) is 11.9 Å². The number of nitro groups is 1. The second kappa shape index (κ2) is 9.21. The maximum absolute atomic E-state index is 11.9. The van der Waals surface area contributed by atoms with Crippen LogP contribution in [-0.2, 0) is 6.42 Å². The molecule has 4 rings (SSSR count). The fourth-order valence-electron chi connectivity index (χ4n) is 3.35. The summed E-state index contributed by atoms with van der Waals surface area (Å²) in [5.41, 5.74) is 1.62. The van der Waals surface area contributed by atoms with Crippen LogP contribution in [0, 0.1) is 10.1 Å². The van der Waals surface area contributed by atoms with E-state index in [-0.39, 0.29) is 17.4 Å². The Morgan fingerprint density at radius 2 is 1.77 bits per heavy atom. The third-order valence-corrected chi connectivity index (χ3v) is 4.96. The van der Waals surface area contributed by atoms with E-state index in [4.69, 9.17) is 4.74 Å². The van der Waals surface area contributed by atoms with Gasteiger partial charge in [-0.3, -0.25) is 10.1 Å². The third kappa shape index (κ3) is 4.61. The molecule has 3 aromatic carbocycles. The Balaban J connectivity index is 1.64. The first-order chi connectivity index (χ1) is 15.2. The van der Waals surface area contributed by atoms with E-state index in [1.807, 2.05) is 60.7 Å². The summed E-state index contributed by atoms with van der Waals surface area (Å²) in [6, 6.07) is 21.0. The summed E-state index contributed by atoms with van der Waals surface area (Å²) >= 11 is 0. The van der Waals surface area contributed by atoms with Gasteiger partial charge < -0.3 is 10.1 Å². The van der Waals surface area contributed by atoms with Crippen LogP contribution in [0.4, 0.5) is 17.2 Å². The van der Waals surface area contributed by atoms with Crippen LogP contribution in [0.5, 0.6) is 11.6 Å². The zero-order chi connectivity index (χ0) is 21.6. The highest BCUT2D eigenvalue weighted by molar-refractivity contribution is 5.88. The topological polar surface area (TPSA) is 90.2 Å². The van der Waals surface area contributed by atoms with E-state index in [1.54, 1.807) is 6.07 Å². The minimum absolute atomic E-state index is 0.0801. The SMILES string of the molecule is CCCCc1ccc(Nc2ncnc(Oc3cccc4ccccc34)c2[N+](=O)[O-])cc1. The normalized spacial score (nSPS) is 10.7. The van der Waals surface area contributed by atoms with Gasteiger partial charge in [-0.15, -0.1) is 0 Å². The van der Waals surface area contributed by atoms with Crippen LogP contribution in [0.15, 0.2) is 73.1 Å². The minimum Gasteiger partial charge on any atom is -0.433 e. The molecule has 1 N–H and O–H groups in total. The van der Waals surface area contributed by atoms with Crippen LogP contribution >= 0.6 is 0 Å². The van der Waals surface area contributed by atoms with Gasteiger partial charge in [0.15, 0.2) is 0 Å². The molecule has 0 bridgehead atoms. The molecule has 0 aliphatic carbocycles. The van der Waals surface area contributed by atoms with Crippen molar-refractivity contribution in [2.45, 2.75) is 26.2 Å². The van der Waals surface area contributed by atoms with E-state index in [2.05, 4.69) is 22.2 Å². The summed E-state index contributed by atoms with van der Waals surface area (Å²) in [6.07, 6.45) is 4.52. The minimum atomic E-state index is -0.529. The fourth-order valence-corrected chi connectivity index (χ4v) is 3.35. The van der Waals surface area contributed by atoms with E-state index in [0.717, 1.165) is 30.0 Å². The summed E-state index contributed by atoms with van der Waals surface area (Å²) in [6.45, 7) is 2.15. The lowest BCUT2D eigenvalue weighted by Gasteiger charge is -2.11. The lowest BCUT2D eigenvalue weighted by molar-refractivity contribution is -0.385. The highest BCUT2D eigenvalue weighted by Gasteiger charge is 2.25. The first kappa shape index (κ1) is 20.3. The van der Waals surface area contributed by atoms with Crippen molar-refractivity contribution in [1.82, 2.24) is 9.97 Å². The smallest absolute Gasteiger partial charge is 0.373 e. The molecule has 1 heterocycles. The molecular weight excluding hydrogens is 392 g/mol. The number of rotatable bonds is 8. The summed E-state index contributed by atoms with van der Waals surface area (Å²) in [5.74, 6) is 0.459. The maximum Gasteiger partial charge on any atom is 0.373 e. The number of unbranched alkanes of at least 4 members (excludes halogenated alkanes) is 1. The van der Waals surface area contributed by atoms with Crippen molar-refractivity contribution in [1.29, 1.82) is 0 Å². The third-order valence-electron chi connectivity index (χ3n) is 4.96. The van der Waals surface area contributed by atoms with Crippen molar-refractivity contribution in [2.24, 2.45) is 0 Å². The van der Waals surface area contributed by atoms with Gasteiger partial charge in [-0.05, 0) is 42.0 Å². The van der Waals surface area contributed by atoms with Gasteiger partial charge in [0.25, 0.3) is 0 Å². The number of aromatic nitrogens is 2. The Kier molecular flexibility index (Phi) is 6.03. The summed E-state index contributed by atoms with van der Waals surface area (Å²) < 4.78 is 5.89. The lowest BCUT2D eigenvalue weighted by Crippen LogP contribution is -2.03. The number of benzene rings is 3. The fraction of sp³-hybridized carbons (Fsp3) is 0.167. The number of nitrogens with one attached hydrogen (secondary N) is 1. The molecular formula is C24H22N4O3. The maximum atomic E-state index is 11.9. The van der Waals surface area contributed by atoms with Crippen LogP contribution in [-0.4, -0.2) is 14.9 Å². The predicted octanol–water partition coefficient (Wildman–Crippen LogP) is 6.42. The van der Waals surface area contributed by atoms with E-state index >= 15 is 0 Å². The van der Waals surface area contributed by atoms with Gasteiger partial charge in [-0.25, -0.2) is 4.98 Å². The second-order valence-electron chi connectivity index (χ2n) is 7.14. The first-order valence-electron chi connectivity index (χ1n) is 10.2. The molecule has 0 unspecified atom stereocenters. The van der Waals surface area contributed by atoms with Gasteiger partial charge in [0.1, 0.15) is 12.1 Å². The number of ether oxygens (including phenoxy) is 1. The number of hydrogen-bond acceptors (Lipinski definition) is 6. The number of anilines is 2. The van der Waals surface area contributed by atoms with E-state index < -0.39 is 4.92 Å².